The van der Waals surface area contributed by atoms with Crippen LogP contribution in [0.1, 0.15) is 36.3 Å². The van der Waals surface area contributed by atoms with Gasteiger partial charge in [0.05, 0.1) is 0 Å². The lowest BCUT2D eigenvalue weighted by atomic mass is 10.1. The third-order valence-corrected chi connectivity index (χ3v) is 5.87. The van der Waals surface area contributed by atoms with E-state index in [-0.39, 0.29) is 5.92 Å². The average molecular weight is 376 g/mol. The molecule has 0 spiro atoms. The molecule has 0 N–H and O–H groups in total. The highest BCUT2D eigenvalue weighted by atomic mass is 79.9. The van der Waals surface area contributed by atoms with Crippen LogP contribution in [0.15, 0.2) is 45.6 Å². The van der Waals surface area contributed by atoms with Crippen LogP contribution in [0.4, 0.5) is 0 Å². The van der Waals surface area contributed by atoms with E-state index < -0.39 is 0 Å². The molecule has 4 rings (SSSR count). The minimum absolute atomic E-state index is 0.195. The Morgan fingerprint density at radius 1 is 1.23 bits per heavy atom. The Morgan fingerprint density at radius 2 is 2.00 bits per heavy atom. The molecular weight excluding hydrogens is 358 g/mol. The highest BCUT2D eigenvalue weighted by molar-refractivity contribution is 9.10. The summed E-state index contributed by atoms with van der Waals surface area (Å²) in [4.78, 5) is 15.0. The fourth-order valence-corrected chi connectivity index (χ4v) is 4.04. The van der Waals surface area contributed by atoms with E-state index in [0.717, 1.165) is 17.4 Å². The monoisotopic (exact) mass is 375 g/mol. The zero-order chi connectivity index (χ0) is 15.1. The van der Waals surface area contributed by atoms with Crippen molar-refractivity contribution in [3.05, 3.63) is 56.7 Å². The number of hydrogen-bond acceptors (Lipinski definition) is 2. The lowest BCUT2D eigenvalue weighted by Crippen LogP contribution is -2.34. The maximum absolute atomic E-state index is 12.9. The molecule has 0 unspecified atom stereocenters. The van der Waals surface area contributed by atoms with E-state index in [1.807, 2.05) is 0 Å². The molecule has 2 aliphatic carbocycles. The Bertz CT molecular complexity index is 663. The number of hydrogen-bond donors (Lipinski definition) is 0. The zero-order valence-corrected chi connectivity index (χ0v) is 14.6. The van der Waals surface area contributed by atoms with Crippen LogP contribution in [-0.4, -0.2) is 16.8 Å². The highest BCUT2D eigenvalue weighted by Gasteiger charge is 2.48. The molecule has 2 fully saturated rings. The second kappa shape index (κ2) is 5.82. The van der Waals surface area contributed by atoms with Crippen LogP contribution < -0.4 is 0 Å². The Balaban J connectivity index is 1.45. The third-order valence-electron chi connectivity index (χ3n) is 4.61. The maximum Gasteiger partial charge on any atom is 0.226 e. The van der Waals surface area contributed by atoms with E-state index in [9.17, 15) is 4.79 Å². The first-order valence-corrected chi connectivity index (χ1v) is 9.53. The van der Waals surface area contributed by atoms with Crippen LogP contribution in [0.2, 0.25) is 0 Å². The molecule has 0 aliphatic heterocycles. The maximum atomic E-state index is 12.9. The minimum Gasteiger partial charge on any atom is -0.335 e. The second-order valence-electron chi connectivity index (χ2n) is 6.33. The number of nitrogens with zero attached hydrogens (tertiary/aromatic N) is 1. The SMILES string of the molecule is O=C([C@H]1C[C@H]1c1ccc(Br)cc1)N(Cc1ccsc1)C1CC1. The van der Waals surface area contributed by atoms with Crippen LogP contribution in [0, 0.1) is 5.92 Å². The van der Waals surface area contributed by atoms with Crippen LogP contribution in [-0.2, 0) is 11.3 Å². The molecule has 2 nitrogen and oxygen atoms in total. The first kappa shape index (κ1) is 14.5. The Labute approximate surface area is 143 Å². The number of amides is 1. The molecule has 2 atom stereocenters. The molecule has 4 heteroatoms. The predicted molar refractivity (Wildman–Crippen MR) is 92.9 cm³/mol. The molecule has 2 aromatic rings. The third kappa shape index (κ3) is 2.99. The molecule has 0 bridgehead atoms. The van der Waals surface area contributed by atoms with Crippen molar-refractivity contribution < 1.29 is 4.79 Å². The van der Waals surface area contributed by atoms with E-state index >= 15 is 0 Å². The first-order chi connectivity index (χ1) is 10.7. The highest BCUT2D eigenvalue weighted by Crippen LogP contribution is 2.49. The molecule has 0 radical (unpaired) electrons. The van der Waals surface area contributed by atoms with Gasteiger partial charge in [0.25, 0.3) is 0 Å². The largest absolute Gasteiger partial charge is 0.335 e. The van der Waals surface area contributed by atoms with Crippen molar-refractivity contribution in [1.29, 1.82) is 0 Å². The van der Waals surface area contributed by atoms with Crippen molar-refractivity contribution in [1.82, 2.24) is 4.90 Å². The van der Waals surface area contributed by atoms with Crippen molar-refractivity contribution in [2.45, 2.75) is 37.8 Å². The fourth-order valence-electron chi connectivity index (χ4n) is 3.11. The van der Waals surface area contributed by atoms with Gasteiger partial charge in [-0.3, -0.25) is 4.79 Å². The number of benzene rings is 1. The van der Waals surface area contributed by atoms with Gasteiger partial charge in [-0.25, -0.2) is 0 Å². The number of rotatable bonds is 5. The molecule has 2 saturated carbocycles. The second-order valence-corrected chi connectivity index (χ2v) is 8.02. The van der Waals surface area contributed by atoms with Crippen molar-refractivity contribution in [2.24, 2.45) is 5.92 Å². The van der Waals surface area contributed by atoms with Gasteiger partial charge in [-0.2, -0.15) is 11.3 Å². The number of halogens is 1. The van der Waals surface area contributed by atoms with E-state index in [1.54, 1.807) is 11.3 Å². The Morgan fingerprint density at radius 3 is 2.64 bits per heavy atom. The van der Waals surface area contributed by atoms with Gasteiger partial charge in [0, 0.05) is 23.0 Å². The van der Waals surface area contributed by atoms with Crippen LogP contribution >= 0.6 is 27.3 Å². The summed E-state index contributed by atoms with van der Waals surface area (Å²) in [7, 11) is 0. The molecule has 1 aromatic heterocycles. The van der Waals surface area contributed by atoms with Gasteiger partial charge >= 0.3 is 0 Å². The summed E-state index contributed by atoms with van der Waals surface area (Å²) in [5.41, 5.74) is 2.57. The van der Waals surface area contributed by atoms with Crippen molar-refractivity contribution in [2.75, 3.05) is 0 Å². The number of carbonyl (C=O) groups is 1. The van der Waals surface area contributed by atoms with E-state index in [4.69, 9.17) is 0 Å². The summed E-state index contributed by atoms with van der Waals surface area (Å²) in [5, 5.41) is 4.24. The zero-order valence-electron chi connectivity index (χ0n) is 12.2. The van der Waals surface area contributed by atoms with Gasteiger partial charge in [0.2, 0.25) is 5.91 Å². The molecule has 2 aliphatic rings. The summed E-state index contributed by atoms with van der Waals surface area (Å²) in [6.45, 7) is 0.788. The molecule has 1 amide bonds. The smallest absolute Gasteiger partial charge is 0.226 e. The van der Waals surface area contributed by atoms with Gasteiger partial charge in [-0.1, -0.05) is 28.1 Å². The lowest BCUT2D eigenvalue weighted by molar-refractivity contribution is -0.133. The van der Waals surface area contributed by atoms with Crippen molar-refractivity contribution >= 4 is 33.2 Å². The fraction of sp³-hybridized carbons (Fsp3) is 0.389. The number of thiophene rings is 1. The Hall–Kier alpha value is -1.13. The standard InChI is InChI=1S/C18H18BrNOS/c19-14-3-1-13(2-4-14)16-9-17(16)18(21)20(15-5-6-15)10-12-7-8-22-11-12/h1-4,7-8,11,15-17H,5-6,9-10H2/t16-,17-/m0/s1. The van der Waals surface area contributed by atoms with Gasteiger partial charge < -0.3 is 4.90 Å². The van der Waals surface area contributed by atoms with Crippen molar-refractivity contribution in [3.8, 4) is 0 Å². The van der Waals surface area contributed by atoms with E-state index in [0.29, 0.717) is 17.9 Å². The van der Waals surface area contributed by atoms with Crippen LogP contribution in [0.3, 0.4) is 0 Å². The van der Waals surface area contributed by atoms with E-state index in [2.05, 4.69) is 61.9 Å². The molecule has 1 heterocycles. The summed E-state index contributed by atoms with van der Waals surface area (Å²) >= 11 is 5.17. The van der Waals surface area contributed by atoms with E-state index in [1.165, 1.54) is 24.0 Å². The number of carbonyl (C=O) groups excluding carboxylic acids is 1. The minimum atomic E-state index is 0.195. The average Bonchev–Trinajstić information content (AvgIpc) is 3.44. The van der Waals surface area contributed by atoms with Gasteiger partial charge in [0.1, 0.15) is 0 Å². The quantitative estimate of drug-likeness (QED) is 0.734. The summed E-state index contributed by atoms with van der Waals surface area (Å²) < 4.78 is 1.09. The molecular formula is C18H18BrNOS. The topological polar surface area (TPSA) is 20.3 Å². The lowest BCUT2D eigenvalue weighted by Gasteiger charge is -2.22. The van der Waals surface area contributed by atoms with Gasteiger partial charge in [-0.15, -0.1) is 0 Å². The van der Waals surface area contributed by atoms with Gasteiger partial charge in [0.15, 0.2) is 0 Å². The molecule has 22 heavy (non-hydrogen) atoms. The predicted octanol–water partition coefficient (Wildman–Crippen LogP) is 4.81. The summed E-state index contributed by atoms with van der Waals surface area (Å²) in [5.74, 6) is 0.978. The Kier molecular flexibility index (Phi) is 3.82. The normalized spacial score (nSPS) is 23.3. The molecule has 114 valence electrons. The summed E-state index contributed by atoms with van der Waals surface area (Å²) in [6, 6.07) is 11.0. The van der Waals surface area contributed by atoms with Crippen LogP contribution in [0.25, 0.3) is 0 Å². The molecule has 0 saturated heterocycles. The van der Waals surface area contributed by atoms with Crippen LogP contribution in [0.5, 0.6) is 0 Å². The van der Waals surface area contributed by atoms with Gasteiger partial charge in [-0.05, 0) is 65.3 Å². The first-order valence-electron chi connectivity index (χ1n) is 7.79. The molecule has 1 aromatic carbocycles. The summed E-state index contributed by atoms with van der Waals surface area (Å²) in [6.07, 6.45) is 3.35. The van der Waals surface area contributed by atoms with Crippen molar-refractivity contribution in [3.63, 3.8) is 0 Å².